The van der Waals surface area contributed by atoms with E-state index in [1.807, 2.05) is 44.2 Å². The molecule has 0 aromatic heterocycles. The fourth-order valence-electron chi connectivity index (χ4n) is 2.20. The van der Waals surface area contributed by atoms with E-state index in [2.05, 4.69) is 5.32 Å². The van der Waals surface area contributed by atoms with Gasteiger partial charge in [0.25, 0.3) is 0 Å². The van der Waals surface area contributed by atoms with Crippen molar-refractivity contribution in [3.05, 3.63) is 52.5 Å². The number of carbonyl (C=O) groups excluding carboxylic acids is 1. The lowest BCUT2D eigenvalue weighted by Gasteiger charge is -2.12. The van der Waals surface area contributed by atoms with Crippen LogP contribution in [0, 0.1) is 13.8 Å². The summed E-state index contributed by atoms with van der Waals surface area (Å²) in [4.78, 5) is 12.1. The van der Waals surface area contributed by atoms with Crippen molar-refractivity contribution in [3.63, 3.8) is 0 Å². The Morgan fingerprint density at radius 3 is 2.54 bits per heavy atom. The van der Waals surface area contributed by atoms with Gasteiger partial charge in [0, 0.05) is 17.5 Å². The third-order valence-corrected chi connectivity index (χ3v) is 4.00. The summed E-state index contributed by atoms with van der Waals surface area (Å²) in [7, 11) is 1.55. The highest BCUT2D eigenvalue weighted by Gasteiger charge is 2.10. The first-order valence-corrected chi connectivity index (χ1v) is 8.21. The van der Waals surface area contributed by atoms with Crippen LogP contribution in [0.5, 0.6) is 11.5 Å². The molecule has 0 radical (unpaired) electrons. The number of hydrogen-bond acceptors (Lipinski definition) is 3. The highest BCUT2D eigenvalue weighted by Crippen LogP contribution is 2.31. The van der Waals surface area contributed by atoms with Gasteiger partial charge in [-0.1, -0.05) is 29.3 Å². The lowest BCUT2D eigenvalue weighted by molar-refractivity contribution is -0.116. The molecular formula is C19H22ClNO3. The van der Waals surface area contributed by atoms with E-state index in [4.69, 9.17) is 21.1 Å². The smallest absolute Gasteiger partial charge is 0.224 e. The molecule has 128 valence electrons. The molecule has 0 aliphatic carbocycles. The Labute approximate surface area is 147 Å². The molecule has 1 amide bonds. The number of benzene rings is 2. The Morgan fingerprint density at radius 2 is 1.88 bits per heavy atom. The van der Waals surface area contributed by atoms with Gasteiger partial charge < -0.3 is 14.8 Å². The van der Waals surface area contributed by atoms with Crippen LogP contribution < -0.4 is 14.8 Å². The van der Waals surface area contributed by atoms with Crippen molar-refractivity contribution >= 4 is 23.2 Å². The minimum absolute atomic E-state index is 0.0810. The quantitative estimate of drug-likeness (QED) is 0.734. The molecule has 0 aliphatic heterocycles. The van der Waals surface area contributed by atoms with Gasteiger partial charge in [-0.25, -0.2) is 0 Å². The maximum Gasteiger partial charge on any atom is 0.224 e. The molecule has 0 bridgehead atoms. The molecule has 0 atom stereocenters. The first kappa shape index (κ1) is 18.1. The van der Waals surface area contributed by atoms with E-state index in [-0.39, 0.29) is 5.91 Å². The first-order chi connectivity index (χ1) is 11.5. The standard InChI is InChI=1S/C19H22ClNO3/c1-13-6-8-15(9-7-13)24-10-4-5-19(22)21-17-11-14(2)16(20)12-18(17)23-3/h6-9,11-12H,4-5,10H2,1-3H3,(H,21,22). The van der Waals surface area contributed by atoms with Gasteiger partial charge in [-0.15, -0.1) is 0 Å². The predicted octanol–water partition coefficient (Wildman–Crippen LogP) is 4.76. The summed E-state index contributed by atoms with van der Waals surface area (Å²) in [5.74, 6) is 1.29. The van der Waals surface area contributed by atoms with Gasteiger partial charge in [0.2, 0.25) is 5.91 Å². The molecule has 2 aromatic rings. The van der Waals surface area contributed by atoms with E-state index >= 15 is 0 Å². The topological polar surface area (TPSA) is 47.6 Å². The zero-order valence-corrected chi connectivity index (χ0v) is 14.9. The Balaban J connectivity index is 1.81. The van der Waals surface area contributed by atoms with Gasteiger partial charge in [-0.2, -0.15) is 0 Å². The number of halogens is 1. The highest BCUT2D eigenvalue weighted by molar-refractivity contribution is 6.31. The second-order valence-electron chi connectivity index (χ2n) is 5.61. The Hall–Kier alpha value is -2.20. The van der Waals surface area contributed by atoms with Crippen LogP contribution in [0.25, 0.3) is 0 Å². The molecule has 0 aliphatic rings. The number of rotatable bonds is 7. The van der Waals surface area contributed by atoms with Gasteiger partial charge in [0.15, 0.2) is 0 Å². The van der Waals surface area contributed by atoms with E-state index in [0.29, 0.717) is 35.9 Å². The molecular weight excluding hydrogens is 326 g/mol. The van der Waals surface area contributed by atoms with Gasteiger partial charge in [0.1, 0.15) is 11.5 Å². The normalized spacial score (nSPS) is 10.3. The maximum absolute atomic E-state index is 12.1. The summed E-state index contributed by atoms with van der Waals surface area (Å²) in [6, 6.07) is 11.4. The zero-order chi connectivity index (χ0) is 17.5. The number of anilines is 1. The van der Waals surface area contributed by atoms with Crippen LogP contribution in [-0.2, 0) is 4.79 Å². The van der Waals surface area contributed by atoms with Crippen molar-refractivity contribution in [1.82, 2.24) is 0 Å². The molecule has 0 spiro atoms. The monoisotopic (exact) mass is 347 g/mol. The minimum atomic E-state index is -0.0810. The van der Waals surface area contributed by atoms with Crippen molar-refractivity contribution in [3.8, 4) is 11.5 Å². The number of amides is 1. The second kappa shape index (κ2) is 8.60. The lowest BCUT2D eigenvalue weighted by Crippen LogP contribution is -2.13. The van der Waals surface area contributed by atoms with Crippen molar-refractivity contribution in [2.75, 3.05) is 19.0 Å². The van der Waals surface area contributed by atoms with E-state index in [1.54, 1.807) is 13.2 Å². The molecule has 1 N–H and O–H groups in total. The van der Waals surface area contributed by atoms with Crippen LogP contribution in [0.15, 0.2) is 36.4 Å². The van der Waals surface area contributed by atoms with Crippen LogP contribution in [-0.4, -0.2) is 19.6 Å². The van der Waals surface area contributed by atoms with E-state index in [1.165, 1.54) is 5.56 Å². The molecule has 2 aromatic carbocycles. The Morgan fingerprint density at radius 1 is 1.17 bits per heavy atom. The summed E-state index contributed by atoms with van der Waals surface area (Å²) < 4.78 is 10.9. The fraction of sp³-hybridized carbons (Fsp3) is 0.316. The molecule has 2 rings (SSSR count). The fourth-order valence-corrected chi connectivity index (χ4v) is 2.35. The third-order valence-electron chi connectivity index (χ3n) is 3.59. The average Bonchev–Trinajstić information content (AvgIpc) is 2.56. The maximum atomic E-state index is 12.1. The van der Waals surface area contributed by atoms with Crippen LogP contribution in [0.3, 0.4) is 0 Å². The predicted molar refractivity (Wildman–Crippen MR) is 97.3 cm³/mol. The van der Waals surface area contributed by atoms with Crippen molar-refractivity contribution in [1.29, 1.82) is 0 Å². The van der Waals surface area contributed by atoms with Gasteiger partial charge in [0.05, 0.1) is 19.4 Å². The van der Waals surface area contributed by atoms with Crippen LogP contribution in [0.2, 0.25) is 5.02 Å². The van der Waals surface area contributed by atoms with Crippen molar-refractivity contribution in [2.45, 2.75) is 26.7 Å². The highest BCUT2D eigenvalue weighted by atomic mass is 35.5. The van der Waals surface area contributed by atoms with Gasteiger partial charge >= 0.3 is 0 Å². The second-order valence-corrected chi connectivity index (χ2v) is 6.02. The Kier molecular flexibility index (Phi) is 6.50. The number of hydrogen-bond donors (Lipinski definition) is 1. The van der Waals surface area contributed by atoms with Crippen molar-refractivity contribution < 1.29 is 14.3 Å². The van der Waals surface area contributed by atoms with Crippen LogP contribution in [0.4, 0.5) is 5.69 Å². The molecule has 0 saturated heterocycles. The molecule has 0 fully saturated rings. The van der Waals surface area contributed by atoms with E-state index in [9.17, 15) is 4.79 Å². The van der Waals surface area contributed by atoms with Gasteiger partial charge in [-0.05, 0) is 44.0 Å². The summed E-state index contributed by atoms with van der Waals surface area (Å²) in [6.45, 7) is 4.40. The summed E-state index contributed by atoms with van der Waals surface area (Å²) in [5, 5.41) is 3.47. The number of nitrogens with one attached hydrogen (secondary N) is 1. The number of ether oxygens (including phenoxy) is 2. The molecule has 24 heavy (non-hydrogen) atoms. The number of carbonyl (C=O) groups is 1. The van der Waals surface area contributed by atoms with E-state index < -0.39 is 0 Å². The minimum Gasteiger partial charge on any atom is -0.495 e. The zero-order valence-electron chi connectivity index (χ0n) is 14.2. The van der Waals surface area contributed by atoms with E-state index in [0.717, 1.165) is 11.3 Å². The van der Waals surface area contributed by atoms with Gasteiger partial charge in [-0.3, -0.25) is 4.79 Å². The molecule has 0 saturated carbocycles. The molecule has 0 heterocycles. The summed E-state index contributed by atoms with van der Waals surface area (Å²) in [6.07, 6.45) is 1.01. The van der Waals surface area contributed by atoms with Crippen LogP contribution in [0.1, 0.15) is 24.0 Å². The Bertz CT molecular complexity index is 699. The first-order valence-electron chi connectivity index (χ1n) is 7.83. The molecule has 5 heteroatoms. The number of methoxy groups -OCH3 is 1. The molecule has 4 nitrogen and oxygen atoms in total. The van der Waals surface area contributed by atoms with Crippen LogP contribution >= 0.6 is 11.6 Å². The SMILES string of the molecule is COc1cc(Cl)c(C)cc1NC(=O)CCCOc1ccc(C)cc1. The van der Waals surface area contributed by atoms with Crippen molar-refractivity contribution in [2.24, 2.45) is 0 Å². The average molecular weight is 348 g/mol. The third kappa shape index (κ3) is 5.17. The summed E-state index contributed by atoms with van der Waals surface area (Å²) in [5.41, 5.74) is 2.70. The lowest BCUT2D eigenvalue weighted by atomic mass is 10.2. The number of aryl methyl sites for hydroxylation is 2. The summed E-state index contributed by atoms with van der Waals surface area (Å²) >= 11 is 6.06. The largest absolute Gasteiger partial charge is 0.495 e. The molecule has 0 unspecified atom stereocenters.